The number of furan rings is 1. The van der Waals surface area contributed by atoms with Gasteiger partial charge in [-0.1, -0.05) is 0 Å². The molecular formula is C11H7FO3. The van der Waals surface area contributed by atoms with Gasteiger partial charge in [-0.3, -0.25) is 0 Å². The van der Waals surface area contributed by atoms with Crippen LogP contribution in [0.1, 0.15) is 10.4 Å². The Morgan fingerprint density at radius 2 is 2.13 bits per heavy atom. The Morgan fingerprint density at radius 3 is 2.73 bits per heavy atom. The fourth-order valence-electron chi connectivity index (χ4n) is 1.28. The van der Waals surface area contributed by atoms with E-state index in [0.29, 0.717) is 5.76 Å². The minimum Gasteiger partial charge on any atom is -0.478 e. The van der Waals surface area contributed by atoms with Crippen LogP contribution in [0.15, 0.2) is 41.0 Å². The third kappa shape index (κ3) is 1.74. The monoisotopic (exact) mass is 206 g/mol. The Kier molecular flexibility index (Phi) is 2.25. The summed E-state index contributed by atoms with van der Waals surface area (Å²) in [4.78, 5) is 10.7. The molecule has 1 aromatic carbocycles. The molecule has 0 radical (unpaired) electrons. The van der Waals surface area contributed by atoms with Crippen LogP contribution < -0.4 is 0 Å². The third-order valence-corrected chi connectivity index (χ3v) is 2.00. The standard InChI is InChI=1S/C11H7FO3/c12-9-4-3-7(11(13)14)6-8(9)10-2-1-5-15-10/h1-6H,(H,13,14). The number of rotatable bonds is 2. The zero-order chi connectivity index (χ0) is 10.8. The van der Waals surface area contributed by atoms with Crippen molar-refractivity contribution in [1.82, 2.24) is 0 Å². The van der Waals surface area contributed by atoms with Crippen LogP contribution in [0.4, 0.5) is 4.39 Å². The molecule has 2 aromatic rings. The molecule has 0 atom stereocenters. The van der Waals surface area contributed by atoms with Crippen LogP contribution in [-0.2, 0) is 0 Å². The van der Waals surface area contributed by atoms with Gasteiger partial charge in [0.1, 0.15) is 11.6 Å². The van der Waals surface area contributed by atoms with Crippen molar-refractivity contribution in [2.24, 2.45) is 0 Å². The van der Waals surface area contributed by atoms with Gasteiger partial charge in [0.05, 0.1) is 17.4 Å². The van der Waals surface area contributed by atoms with E-state index in [2.05, 4.69) is 0 Å². The summed E-state index contributed by atoms with van der Waals surface area (Å²) in [5, 5.41) is 8.74. The Balaban J connectivity index is 2.55. The first kappa shape index (κ1) is 9.45. The van der Waals surface area contributed by atoms with Gasteiger partial charge >= 0.3 is 5.97 Å². The summed E-state index contributed by atoms with van der Waals surface area (Å²) in [6.07, 6.45) is 1.40. The summed E-state index contributed by atoms with van der Waals surface area (Å²) in [6.45, 7) is 0. The van der Waals surface area contributed by atoms with E-state index in [-0.39, 0.29) is 11.1 Å². The van der Waals surface area contributed by atoms with Crippen molar-refractivity contribution >= 4 is 5.97 Å². The molecule has 76 valence electrons. The molecule has 3 nitrogen and oxygen atoms in total. The number of carbonyl (C=O) groups is 1. The summed E-state index contributed by atoms with van der Waals surface area (Å²) < 4.78 is 18.3. The summed E-state index contributed by atoms with van der Waals surface area (Å²) in [5.74, 6) is -1.28. The highest BCUT2D eigenvalue weighted by Crippen LogP contribution is 2.24. The minimum absolute atomic E-state index is 0.0304. The number of halogens is 1. The molecule has 0 aliphatic carbocycles. The molecule has 1 N–H and O–H groups in total. The first-order chi connectivity index (χ1) is 7.18. The van der Waals surface area contributed by atoms with Crippen LogP contribution in [0.25, 0.3) is 11.3 Å². The average Bonchev–Trinajstić information content (AvgIpc) is 2.71. The third-order valence-electron chi connectivity index (χ3n) is 2.00. The lowest BCUT2D eigenvalue weighted by Gasteiger charge is -2.00. The highest BCUT2D eigenvalue weighted by molar-refractivity contribution is 5.89. The number of aromatic carboxylic acids is 1. The van der Waals surface area contributed by atoms with Gasteiger partial charge < -0.3 is 9.52 Å². The molecule has 0 aliphatic rings. The highest BCUT2D eigenvalue weighted by Gasteiger charge is 2.11. The summed E-state index contributed by atoms with van der Waals surface area (Å²) >= 11 is 0. The van der Waals surface area contributed by atoms with E-state index in [1.165, 1.54) is 18.4 Å². The van der Waals surface area contributed by atoms with Gasteiger partial charge in [-0.05, 0) is 30.3 Å². The fraction of sp³-hybridized carbons (Fsp3) is 0. The van der Waals surface area contributed by atoms with Crippen molar-refractivity contribution in [3.63, 3.8) is 0 Å². The molecule has 4 heteroatoms. The van der Waals surface area contributed by atoms with Crippen molar-refractivity contribution in [2.45, 2.75) is 0 Å². The Hall–Kier alpha value is -2.10. The normalized spacial score (nSPS) is 10.2. The largest absolute Gasteiger partial charge is 0.478 e. The second kappa shape index (κ2) is 3.57. The van der Waals surface area contributed by atoms with Gasteiger partial charge in [0.25, 0.3) is 0 Å². The molecule has 0 bridgehead atoms. The molecule has 0 amide bonds. The molecule has 1 heterocycles. The molecule has 0 fully saturated rings. The number of carboxylic acids is 1. The van der Waals surface area contributed by atoms with Crippen LogP contribution in [0.3, 0.4) is 0 Å². The lowest BCUT2D eigenvalue weighted by Crippen LogP contribution is -1.97. The smallest absolute Gasteiger partial charge is 0.335 e. The topological polar surface area (TPSA) is 50.4 Å². The lowest BCUT2D eigenvalue weighted by molar-refractivity contribution is 0.0697. The summed E-state index contributed by atoms with van der Waals surface area (Å²) in [6, 6.07) is 6.76. The first-order valence-corrected chi connectivity index (χ1v) is 4.25. The molecular weight excluding hydrogens is 199 g/mol. The van der Waals surface area contributed by atoms with Crippen molar-refractivity contribution < 1.29 is 18.7 Å². The number of benzene rings is 1. The number of hydrogen-bond donors (Lipinski definition) is 1. The van der Waals surface area contributed by atoms with Gasteiger partial charge in [0, 0.05) is 0 Å². The van der Waals surface area contributed by atoms with E-state index in [1.54, 1.807) is 12.1 Å². The van der Waals surface area contributed by atoms with Crippen LogP contribution in [0.2, 0.25) is 0 Å². The van der Waals surface area contributed by atoms with Crippen LogP contribution in [-0.4, -0.2) is 11.1 Å². The molecule has 0 saturated carbocycles. The van der Waals surface area contributed by atoms with Gasteiger partial charge in [0.15, 0.2) is 0 Å². The summed E-state index contributed by atoms with van der Waals surface area (Å²) in [7, 11) is 0. The maximum Gasteiger partial charge on any atom is 0.335 e. The van der Waals surface area contributed by atoms with E-state index in [4.69, 9.17) is 9.52 Å². The summed E-state index contributed by atoms with van der Waals surface area (Å²) in [5.41, 5.74) is 0.183. The van der Waals surface area contributed by atoms with Crippen LogP contribution >= 0.6 is 0 Å². The zero-order valence-electron chi connectivity index (χ0n) is 7.61. The van der Waals surface area contributed by atoms with E-state index >= 15 is 0 Å². The number of hydrogen-bond acceptors (Lipinski definition) is 2. The second-order valence-electron chi connectivity index (χ2n) is 2.98. The predicted molar refractivity (Wildman–Crippen MR) is 51.1 cm³/mol. The van der Waals surface area contributed by atoms with Crippen molar-refractivity contribution in [3.05, 3.63) is 48.0 Å². The van der Waals surface area contributed by atoms with Crippen LogP contribution in [0, 0.1) is 5.82 Å². The number of carboxylic acid groups (broad SMARTS) is 1. The molecule has 0 saturated heterocycles. The van der Waals surface area contributed by atoms with Gasteiger partial charge in [-0.15, -0.1) is 0 Å². The van der Waals surface area contributed by atoms with Gasteiger partial charge in [-0.25, -0.2) is 9.18 Å². The van der Waals surface area contributed by atoms with E-state index in [1.807, 2.05) is 0 Å². The van der Waals surface area contributed by atoms with Crippen molar-refractivity contribution in [2.75, 3.05) is 0 Å². The maximum atomic E-state index is 13.3. The Labute approximate surface area is 84.8 Å². The molecule has 0 spiro atoms. The van der Waals surface area contributed by atoms with Gasteiger partial charge in [-0.2, -0.15) is 0 Å². The Morgan fingerprint density at radius 1 is 1.33 bits per heavy atom. The lowest BCUT2D eigenvalue weighted by atomic mass is 10.1. The van der Waals surface area contributed by atoms with Crippen LogP contribution in [0.5, 0.6) is 0 Å². The molecule has 2 rings (SSSR count). The van der Waals surface area contributed by atoms with Crippen molar-refractivity contribution in [1.29, 1.82) is 0 Å². The highest BCUT2D eigenvalue weighted by atomic mass is 19.1. The molecule has 1 aromatic heterocycles. The zero-order valence-corrected chi connectivity index (χ0v) is 7.61. The van der Waals surface area contributed by atoms with E-state index < -0.39 is 11.8 Å². The SMILES string of the molecule is O=C(O)c1ccc(F)c(-c2ccco2)c1. The predicted octanol–water partition coefficient (Wildman–Crippen LogP) is 2.78. The molecule has 15 heavy (non-hydrogen) atoms. The average molecular weight is 206 g/mol. The Bertz CT molecular complexity index is 489. The van der Waals surface area contributed by atoms with E-state index in [0.717, 1.165) is 6.07 Å². The second-order valence-corrected chi connectivity index (χ2v) is 2.98. The van der Waals surface area contributed by atoms with Crippen molar-refractivity contribution in [3.8, 4) is 11.3 Å². The quantitative estimate of drug-likeness (QED) is 0.821. The molecule has 0 unspecified atom stereocenters. The molecule has 0 aliphatic heterocycles. The first-order valence-electron chi connectivity index (χ1n) is 4.25. The van der Waals surface area contributed by atoms with Gasteiger partial charge in [0.2, 0.25) is 0 Å². The minimum atomic E-state index is -1.09. The van der Waals surface area contributed by atoms with E-state index in [9.17, 15) is 9.18 Å². The maximum absolute atomic E-state index is 13.3. The fourth-order valence-corrected chi connectivity index (χ4v) is 1.28.